The predicted molar refractivity (Wildman–Crippen MR) is 99.7 cm³/mol. The maximum absolute atomic E-state index is 13.0. The van der Waals surface area contributed by atoms with Crippen molar-refractivity contribution in [3.8, 4) is 0 Å². The lowest BCUT2D eigenvalue weighted by atomic mass is 9.87. The van der Waals surface area contributed by atoms with Gasteiger partial charge in [-0.1, -0.05) is 17.7 Å². The van der Waals surface area contributed by atoms with E-state index >= 15 is 0 Å². The Balaban J connectivity index is 1.69. The van der Waals surface area contributed by atoms with Crippen molar-refractivity contribution in [3.63, 3.8) is 0 Å². The van der Waals surface area contributed by atoms with Gasteiger partial charge in [0.1, 0.15) is 5.54 Å². The molecule has 2 heterocycles. The minimum Gasteiger partial charge on any atom is -0.354 e. The SMILES string of the molecule is Cc1cc(C)c(CCNC(=O)C2(n3cccn3)CCNCC2)c(C)c1. The molecule has 134 valence electrons. The number of benzene rings is 1. The Kier molecular flexibility index (Phi) is 5.23. The van der Waals surface area contributed by atoms with Crippen LogP contribution in [0.3, 0.4) is 0 Å². The maximum Gasteiger partial charge on any atom is 0.248 e. The van der Waals surface area contributed by atoms with E-state index in [0.717, 1.165) is 32.4 Å². The lowest BCUT2D eigenvalue weighted by Crippen LogP contribution is -2.54. The fraction of sp³-hybridized carbons (Fsp3) is 0.500. The summed E-state index contributed by atoms with van der Waals surface area (Å²) in [6, 6.07) is 6.31. The summed E-state index contributed by atoms with van der Waals surface area (Å²) in [6.07, 6.45) is 6.04. The fourth-order valence-corrected chi connectivity index (χ4v) is 3.99. The Hall–Kier alpha value is -2.14. The Morgan fingerprint density at radius 1 is 1.24 bits per heavy atom. The minimum atomic E-state index is -0.563. The summed E-state index contributed by atoms with van der Waals surface area (Å²) in [5.74, 6) is 0.0834. The third kappa shape index (κ3) is 3.61. The molecule has 5 nitrogen and oxygen atoms in total. The first-order valence-corrected chi connectivity index (χ1v) is 9.09. The van der Waals surface area contributed by atoms with E-state index in [2.05, 4.69) is 48.6 Å². The smallest absolute Gasteiger partial charge is 0.248 e. The summed E-state index contributed by atoms with van der Waals surface area (Å²) in [6.45, 7) is 8.74. The molecule has 0 aliphatic carbocycles. The van der Waals surface area contributed by atoms with Crippen LogP contribution >= 0.6 is 0 Å². The quantitative estimate of drug-likeness (QED) is 0.878. The largest absolute Gasteiger partial charge is 0.354 e. The monoisotopic (exact) mass is 340 g/mol. The van der Waals surface area contributed by atoms with Gasteiger partial charge in [0.05, 0.1) is 0 Å². The molecule has 0 radical (unpaired) electrons. The molecule has 5 heteroatoms. The van der Waals surface area contributed by atoms with Crippen LogP contribution in [0, 0.1) is 20.8 Å². The van der Waals surface area contributed by atoms with Crippen LogP contribution in [-0.2, 0) is 16.8 Å². The third-order valence-corrected chi connectivity index (χ3v) is 5.30. The molecule has 25 heavy (non-hydrogen) atoms. The zero-order valence-electron chi connectivity index (χ0n) is 15.4. The lowest BCUT2D eigenvalue weighted by molar-refractivity contribution is -0.131. The number of rotatable bonds is 5. The van der Waals surface area contributed by atoms with E-state index in [9.17, 15) is 4.79 Å². The molecule has 1 aromatic heterocycles. The summed E-state index contributed by atoms with van der Waals surface area (Å²) < 4.78 is 1.84. The first-order chi connectivity index (χ1) is 12.0. The number of aryl methyl sites for hydroxylation is 3. The molecule has 0 unspecified atom stereocenters. The molecule has 2 N–H and O–H groups in total. The number of carbonyl (C=O) groups is 1. The van der Waals surface area contributed by atoms with Crippen LogP contribution in [0.15, 0.2) is 30.6 Å². The summed E-state index contributed by atoms with van der Waals surface area (Å²) in [4.78, 5) is 13.0. The molecule has 1 aromatic carbocycles. The van der Waals surface area contributed by atoms with Crippen molar-refractivity contribution in [2.75, 3.05) is 19.6 Å². The van der Waals surface area contributed by atoms with Crippen LogP contribution in [0.1, 0.15) is 35.1 Å². The standard InChI is InChI=1S/C20H28N4O/c1-15-13-16(2)18(17(3)14-15)5-9-22-19(25)20(6-10-21-11-7-20)24-12-4-8-23-24/h4,8,12-14,21H,5-7,9-11H2,1-3H3,(H,22,25). The van der Waals surface area contributed by atoms with Gasteiger partial charge in [-0.2, -0.15) is 5.10 Å². The molecular formula is C20H28N4O. The number of hydrogen-bond acceptors (Lipinski definition) is 3. The zero-order valence-corrected chi connectivity index (χ0v) is 15.4. The first-order valence-electron chi connectivity index (χ1n) is 9.09. The highest BCUT2D eigenvalue weighted by molar-refractivity contribution is 5.84. The number of carbonyl (C=O) groups excluding carboxylic acids is 1. The van der Waals surface area contributed by atoms with Crippen molar-refractivity contribution >= 4 is 5.91 Å². The normalized spacial score (nSPS) is 16.6. The van der Waals surface area contributed by atoms with Gasteiger partial charge in [-0.3, -0.25) is 9.48 Å². The topological polar surface area (TPSA) is 59.0 Å². The predicted octanol–water partition coefficient (Wildman–Crippen LogP) is 2.25. The molecule has 0 atom stereocenters. The van der Waals surface area contributed by atoms with Crippen LogP contribution in [0.2, 0.25) is 0 Å². The van der Waals surface area contributed by atoms with Crippen LogP contribution < -0.4 is 10.6 Å². The van der Waals surface area contributed by atoms with Gasteiger partial charge < -0.3 is 10.6 Å². The Labute approximate surface area is 149 Å². The van der Waals surface area contributed by atoms with E-state index in [1.165, 1.54) is 22.3 Å². The number of piperidine rings is 1. The second kappa shape index (κ2) is 7.40. The number of nitrogens with one attached hydrogen (secondary N) is 2. The van der Waals surface area contributed by atoms with E-state index in [-0.39, 0.29) is 5.91 Å². The number of amides is 1. The average molecular weight is 340 g/mol. The Morgan fingerprint density at radius 2 is 1.92 bits per heavy atom. The van der Waals surface area contributed by atoms with Gasteiger partial charge in [0.2, 0.25) is 5.91 Å². The van der Waals surface area contributed by atoms with E-state index in [1.807, 2.05) is 16.9 Å². The summed E-state index contributed by atoms with van der Waals surface area (Å²) in [5.41, 5.74) is 4.66. The third-order valence-electron chi connectivity index (χ3n) is 5.30. The Morgan fingerprint density at radius 3 is 2.52 bits per heavy atom. The van der Waals surface area contributed by atoms with Gasteiger partial charge in [-0.15, -0.1) is 0 Å². The number of aromatic nitrogens is 2. The Bertz CT molecular complexity index is 707. The highest BCUT2D eigenvalue weighted by atomic mass is 16.2. The average Bonchev–Trinajstić information content (AvgIpc) is 3.12. The van der Waals surface area contributed by atoms with E-state index in [0.29, 0.717) is 6.54 Å². The van der Waals surface area contributed by atoms with Gasteiger partial charge in [-0.25, -0.2) is 0 Å². The second-order valence-electron chi connectivity index (χ2n) is 7.12. The minimum absolute atomic E-state index is 0.0834. The van der Waals surface area contributed by atoms with Gasteiger partial charge in [0.15, 0.2) is 0 Å². The molecule has 2 aromatic rings. The molecule has 3 rings (SSSR count). The van der Waals surface area contributed by atoms with E-state index in [4.69, 9.17) is 0 Å². The highest BCUT2D eigenvalue weighted by Gasteiger charge is 2.41. The molecule has 1 amide bonds. The van der Waals surface area contributed by atoms with Crippen LogP contribution in [0.5, 0.6) is 0 Å². The first kappa shape index (κ1) is 17.7. The summed E-state index contributed by atoms with van der Waals surface area (Å²) in [5, 5.41) is 10.9. The molecule has 1 saturated heterocycles. The van der Waals surface area contributed by atoms with E-state index in [1.54, 1.807) is 6.20 Å². The second-order valence-corrected chi connectivity index (χ2v) is 7.12. The van der Waals surface area contributed by atoms with Crippen LogP contribution in [0.25, 0.3) is 0 Å². The zero-order chi connectivity index (χ0) is 17.9. The van der Waals surface area contributed by atoms with Crippen molar-refractivity contribution in [1.82, 2.24) is 20.4 Å². The molecule has 1 aliphatic rings. The van der Waals surface area contributed by atoms with Gasteiger partial charge in [0, 0.05) is 18.9 Å². The molecule has 0 spiro atoms. The van der Waals surface area contributed by atoms with Crippen LogP contribution in [0.4, 0.5) is 0 Å². The number of hydrogen-bond donors (Lipinski definition) is 2. The van der Waals surface area contributed by atoms with Crippen molar-refractivity contribution in [2.24, 2.45) is 0 Å². The lowest BCUT2D eigenvalue weighted by Gasteiger charge is -2.36. The molecule has 1 aliphatic heterocycles. The summed E-state index contributed by atoms with van der Waals surface area (Å²) >= 11 is 0. The van der Waals surface area contributed by atoms with E-state index < -0.39 is 5.54 Å². The molecule has 0 saturated carbocycles. The van der Waals surface area contributed by atoms with Crippen molar-refractivity contribution in [2.45, 2.75) is 45.6 Å². The van der Waals surface area contributed by atoms with Crippen molar-refractivity contribution in [3.05, 3.63) is 52.8 Å². The van der Waals surface area contributed by atoms with Gasteiger partial charge in [-0.05, 0) is 75.9 Å². The number of nitrogens with zero attached hydrogens (tertiary/aromatic N) is 2. The van der Waals surface area contributed by atoms with Crippen molar-refractivity contribution < 1.29 is 4.79 Å². The van der Waals surface area contributed by atoms with Gasteiger partial charge >= 0.3 is 0 Å². The molecule has 1 fully saturated rings. The fourth-order valence-electron chi connectivity index (χ4n) is 3.99. The highest BCUT2D eigenvalue weighted by Crippen LogP contribution is 2.27. The van der Waals surface area contributed by atoms with Crippen LogP contribution in [-0.4, -0.2) is 35.3 Å². The summed E-state index contributed by atoms with van der Waals surface area (Å²) in [7, 11) is 0. The molecular weight excluding hydrogens is 312 g/mol. The van der Waals surface area contributed by atoms with Crippen molar-refractivity contribution in [1.29, 1.82) is 0 Å². The maximum atomic E-state index is 13.0. The van der Waals surface area contributed by atoms with Gasteiger partial charge in [0.25, 0.3) is 0 Å². The molecule has 0 bridgehead atoms.